The molecule has 2 aromatic rings. The number of carbonyl (C=O) groups is 3. The quantitative estimate of drug-likeness (QED) is 0.659. The summed E-state index contributed by atoms with van der Waals surface area (Å²) >= 11 is 0. The van der Waals surface area contributed by atoms with Crippen LogP contribution in [0.3, 0.4) is 0 Å². The molecule has 9 nitrogen and oxygen atoms in total. The number of carbonyl (C=O) groups excluding carboxylic acids is 3. The number of anilines is 1. The maximum absolute atomic E-state index is 12.9. The van der Waals surface area contributed by atoms with E-state index >= 15 is 0 Å². The second-order valence-electron chi connectivity index (χ2n) is 7.28. The lowest BCUT2D eigenvalue weighted by Crippen LogP contribution is -2.43. The summed E-state index contributed by atoms with van der Waals surface area (Å²) in [6, 6.07) is 8.38. The molecule has 4 rings (SSSR count). The molecular formula is C23H23N3O6. The number of rotatable bonds is 5. The number of hydrogen-bond donors (Lipinski definition) is 0. The molecule has 1 aromatic heterocycles. The van der Waals surface area contributed by atoms with Crippen molar-refractivity contribution in [3.63, 3.8) is 0 Å². The van der Waals surface area contributed by atoms with Gasteiger partial charge in [-0.3, -0.25) is 19.3 Å². The number of hydrogen-bond acceptors (Lipinski definition) is 7. The van der Waals surface area contributed by atoms with Crippen LogP contribution >= 0.6 is 0 Å². The minimum atomic E-state index is -0.310. The van der Waals surface area contributed by atoms with Crippen molar-refractivity contribution >= 4 is 29.5 Å². The van der Waals surface area contributed by atoms with Crippen molar-refractivity contribution in [2.24, 2.45) is 0 Å². The van der Waals surface area contributed by atoms with Crippen molar-refractivity contribution in [2.75, 3.05) is 44.9 Å². The molecule has 166 valence electrons. The summed E-state index contributed by atoms with van der Waals surface area (Å²) in [6.07, 6.45) is 3.15. The fourth-order valence-corrected chi connectivity index (χ4v) is 3.65. The molecule has 0 radical (unpaired) electrons. The van der Waals surface area contributed by atoms with E-state index in [0.717, 1.165) is 0 Å². The number of ether oxygens (including phenoxy) is 3. The van der Waals surface area contributed by atoms with Gasteiger partial charge in [-0.15, -0.1) is 0 Å². The first-order valence-electron chi connectivity index (χ1n) is 10.2. The second kappa shape index (κ2) is 9.19. The number of benzene rings is 1. The van der Waals surface area contributed by atoms with Crippen LogP contribution < -0.4 is 14.4 Å². The Labute approximate surface area is 185 Å². The van der Waals surface area contributed by atoms with Crippen LogP contribution in [0.5, 0.6) is 11.5 Å². The lowest BCUT2D eigenvalue weighted by molar-refractivity contribution is -0.137. The zero-order chi connectivity index (χ0) is 22.7. The molecule has 0 bridgehead atoms. The van der Waals surface area contributed by atoms with E-state index < -0.39 is 0 Å². The molecule has 0 spiro atoms. The van der Waals surface area contributed by atoms with E-state index in [9.17, 15) is 14.4 Å². The van der Waals surface area contributed by atoms with Gasteiger partial charge in [0.05, 0.1) is 31.6 Å². The molecule has 0 atom stereocenters. The van der Waals surface area contributed by atoms with E-state index in [1.807, 2.05) is 0 Å². The van der Waals surface area contributed by atoms with E-state index in [1.54, 1.807) is 47.5 Å². The first kappa shape index (κ1) is 21.5. The van der Waals surface area contributed by atoms with Gasteiger partial charge >= 0.3 is 0 Å². The van der Waals surface area contributed by atoms with Crippen LogP contribution in [0.25, 0.3) is 6.08 Å². The number of morpholine rings is 1. The van der Waals surface area contributed by atoms with Crippen molar-refractivity contribution in [1.29, 1.82) is 0 Å². The predicted molar refractivity (Wildman–Crippen MR) is 116 cm³/mol. The minimum absolute atomic E-state index is 0.117. The molecule has 1 aromatic carbocycles. The van der Waals surface area contributed by atoms with Crippen LogP contribution in [0.4, 0.5) is 5.82 Å². The highest BCUT2D eigenvalue weighted by Gasteiger charge is 2.35. The summed E-state index contributed by atoms with van der Waals surface area (Å²) in [5, 5.41) is 0. The number of allylic oxidation sites excluding steroid dienone is 1. The third-order valence-corrected chi connectivity index (χ3v) is 5.24. The van der Waals surface area contributed by atoms with Gasteiger partial charge in [-0.05, 0) is 35.9 Å². The molecule has 0 saturated carbocycles. The van der Waals surface area contributed by atoms with Crippen molar-refractivity contribution < 1.29 is 28.6 Å². The Hall–Kier alpha value is -3.72. The van der Waals surface area contributed by atoms with E-state index in [1.165, 1.54) is 18.9 Å². The monoisotopic (exact) mass is 437 g/mol. The Bertz CT molecular complexity index is 1090. The summed E-state index contributed by atoms with van der Waals surface area (Å²) in [4.78, 5) is 44.6. The average Bonchev–Trinajstić information content (AvgIpc) is 3.10. The summed E-state index contributed by atoms with van der Waals surface area (Å²) in [6.45, 7) is 3.40. The number of nitrogens with zero attached hydrogens (tertiary/aromatic N) is 3. The number of amides is 2. The normalized spacial score (nSPS) is 16.8. The molecule has 1 saturated heterocycles. The van der Waals surface area contributed by atoms with E-state index in [0.29, 0.717) is 54.7 Å². The topological polar surface area (TPSA) is 98.3 Å². The number of Topliss-reactive ketones (excluding diaryl/α,β-unsaturated/α-hetero) is 1. The maximum atomic E-state index is 12.9. The molecule has 0 N–H and O–H groups in total. The van der Waals surface area contributed by atoms with Gasteiger partial charge in [-0.2, -0.15) is 0 Å². The summed E-state index contributed by atoms with van der Waals surface area (Å²) < 4.78 is 16.3. The summed E-state index contributed by atoms with van der Waals surface area (Å²) in [5.41, 5.74) is 1.23. The van der Waals surface area contributed by atoms with Gasteiger partial charge in [0.15, 0.2) is 23.9 Å². The van der Waals surface area contributed by atoms with Crippen LogP contribution in [0, 0.1) is 0 Å². The smallest absolute Gasteiger partial charge is 0.260 e. The number of methoxy groups -OCH3 is 1. The van der Waals surface area contributed by atoms with Gasteiger partial charge in [-0.25, -0.2) is 4.98 Å². The Balaban J connectivity index is 1.55. The Morgan fingerprint density at radius 1 is 1.19 bits per heavy atom. The largest absolute Gasteiger partial charge is 0.493 e. The lowest BCUT2D eigenvalue weighted by Gasteiger charge is -2.26. The van der Waals surface area contributed by atoms with Crippen LogP contribution in [0.15, 0.2) is 42.2 Å². The molecule has 0 unspecified atom stereocenters. The highest BCUT2D eigenvalue weighted by Crippen LogP contribution is 2.35. The summed E-state index contributed by atoms with van der Waals surface area (Å²) in [5.74, 6) is 0.423. The van der Waals surface area contributed by atoms with Crippen molar-refractivity contribution in [2.45, 2.75) is 6.92 Å². The molecule has 9 heteroatoms. The van der Waals surface area contributed by atoms with Crippen LogP contribution in [0.1, 0.15) is 22.8 Å². The fraction of sp³-hybridized carbons (Fsp3) is 0.304. The number of aromatic nitrogens is 1. The first-order valence-corrected chi connectivity index (χ1v) is 10.2. The van der Waals surface area contributed by atoms with Gasteiger partial charge in [0.25, 0.3) is 5.91 Å². The highest BCUT2D eigenvalue weighted by molar-refractivity contribution is 6.26. The second-order valence-corrected chi connectivity index (χ2v) is 7.28. The zero-order valence-corrected chi connectivity index (χ0v) is 17.9. The average molecular weight is 437 g/mol. The molecule has 2 amide bonds. The van der Waals surface area contributed by atoms with Crippen molar-refractivity contribution in [1.82, 2.24) is 9.88 Å². The summed E-state index contributed by atoms with van der Waals surface area (Å²) in [7, 11) is 1.49. The third kappa shape index (κ3) is 4.19. The van der Waals surface area contributed by atoms with Gasteiger partial charge in [0.1, 0.15) is 0 Å². The molecule has 3 heterocycles. The number of fused-ring (bicyclic) bond motifs is 1. The van der Waals surface area contributed by atoms with Crippen molar-refractivity contribution in [3.05, 3.63) is 53.4 Å². The van der Waals surface area contributed by atoms with E-state index in [4.69, 9.17) is 14.2 Å². The number of ketones is 1. The fourth-order valence-electron chi connectivity index (χ4n) is 3.65. The van der Waals surface area contributed by atoms with Crippen LogP contribution in [0.2, 0.25) is 0 Å². The Morgan fingerprint density at radius 3 is 2.69 bits per heavy atom. The molecule has 1 fully saturated rings. The van der Waals surface area contributed by atoms with Gasteiger partial charge < -0.3 is 19.1 Å². The van der Waals surface area contributed by atoms with Gasteiger partial charge in [0, 0.05) is 26.2 Å². The Morgan fingerprint density at radius 2 is 1.97 bits per heavy atom. The number of pyridine rings is 1. The zero-order valence-electron chi connectivity index (χ0n) is 17.9. The van der Waals surface area contributed by atoms with Gasteiger partial charge in [-0.1, -0.05) is 6.07 Å². The standard InChI is InChI=1S/C23H23N3O6/c1-15(27)26-18(22(29)17-4-3-7-24-23(17)26)12-16-5-6-19(20(13-16)30-2)32-14-21(28)25-8-10-31-11-9-25/h3-7,12-13H,8-11,14H2,1-2H3. The Kier molecular flexibility index (Phi) is 6.18. The molecule has 2 aliphatic rings. The van der Waals surface area contributed by atoms with Gasteiger partial charge in [0.2, 0.25) is 11.7 Å². The van der Waals surface area contributed by atoms with E-state index in [2.05, 4.69) is 4.98 Å². The third-order valence-electron chi connectivity index (χ3n) is 5.24. The van der Waals surface area contributed by atoms with Crippen LogP contribution in [-0.2, 0) is 14.3 Å². The highest BCUT2D eigenvalue weighted by atomic mass is 16.5. The molecule has 32 heavy (non-hydrogen) atoms. The SMILES string of the molecule is COc1cc(C=C2C(=O)c3cccnc3N2C(C)=O)ccc1OCC(=O)N1CCOCC1. The van der Waals surface area contributed by atoms with Crippen molar-refractivity contribution in [3.8, 4) is 11.5 Å². The lowest BCUT2D eigenvalue weighted by atomic mass is 10.1. The maximum Gasteiger partial charge on any atom is 0.260 e. The first-order chi connectivity index (χ1) is 15.5. The van der Waals surface area contributed by atoms with E-state index in [-0.39, 0.29) is 29.9 Å². The van der Waals surface area contributed by atoms with Crippen LogP contribution in [-0.4, -0.2) is 67.5 Å². The predicted octanol–water partition coefficient (Wildman–Crippen LogP) is 1.92. The molecule has 2 aliphatic heterocycles. The molecule has 0 aliphatic carbocycles. The molecular weight excluding hydrogens is 414 g/mol. The minimum Gasteiger partial charge on any atom is -0.493 e.